The molecule has 0 spiro atoms. The summed E-state index contributed by atoms with van der Waals surface area (Å²) in [6.07, 6.45) is 4.96. The number of rotatable bonds is 11. The Morgan fingerprint density at radius 3 is 2.33 bits per heavy atom. The smallest absolute Gasteiger partial charge is 0.244 e. The maximum absolute atomic E-state index is 14.8. The van der Waals surface area contributed by atoms with E-state index < -0.39 is 34.3 Å². The SMILES string of the molecule is CS(=O)(=O)N(CC(=O)N(Cc1ccccc1F)C(Cc1ccccc1)C(=O)NC1CCCC1)c1cccc(Br)c1. The molecule has 0 saturated heterocycles. The molecular weight excluding hydrogens is 597 g/mol. The summed E-state index contributed by atoms with van der Waals surface area (Å²) >= 11 is 3.35. The molecule has 1 N–H and O–H groups in total. The largest absolute Gasteiger partial charge is 0.352 e. The predicted octanol–water partition coefficient (Wildman–Crippen LogP) is 5.05. The molecule has 0 aliphatic heterocycles. The van der Waals surface area contributed by atoms with Crippen molar-refractivity contribution >= 4 is 43.5 Å². The van der Waals surface area contributed by atoms with E-state index in [1.54, 1.807) is 42.5 Å². The number of carbonyl (C=O) groups excluding carboxylic acids is 2. The summed E-state index contributed by atoms with van der Waals surface area (Å²) in [4.78, 5) is 29.1. The highest BCUT2D eigenvalue weighted by Gasteiger charge is 2.34. The predicted molar refractivity (Wildman–Crippen MR) is 158 cm³/mol. The van der Waals surface area contributed by atoms with Gasteiger partial charge in [-0.15, -0.1) is 0 Å². The van der Waals surface area contributed by atoms with Crippen molar-refractivity contribution in [3.63, 3.8) is 0 Å². The van der Waals surface area contributed by atoms with Crippen LogP contribution in [0, 0.1) is 5.82 Å². The van der Waals surface area contributed by atoms with Gasteiger partial charge in [-0.3, -0.25) is 13.9 Å². The summed E-state index contributed by atoms with van der Waals surface area (Å²) in [6.45, 7) is -0.747. The van der Waals surface area contributed by atoms with Crippen molar-refractivity contribution in [3.8, 4) is 0 Å². The number of carbonyl (C=O) groups is 2. The Labute approximate surface area is 243 Å². The van der Waals surface area contributed by atoms with Crippen LogP contribution in [0.3, 0.4) is 0 Å². The van der Waals surface area contributed by atoms with Crippen molar-refractivity contribution in [3.05, 3.63) is 100 Å². The Hall–Kier alpha value is -3.24. The van der Waals surface area contributed by atoms with Crippen LogP contribution in [0.25, 0.3) is 0 Å². The minimum atomic E-state index is -3.88. The van der Waals surface area contributed by atoms with Crippen LogP contribution >= 0.6 is 15.9 Å². The standard InChI is InChI=1S/C30H33BrFN3O4S/c1-40(38,39)35(26-16-9-13-24(31)19-26)21-29(36)34(20-23-12-5-8-17-27(23)32)28(18-22-10-3-2-4-11-22)30(37)33-25-14-6-7-15-25/h2-5,8-13,16-17,19,25,28H,6-7,14-15,18,20-21H2,1H3,(H,33,37). The maximum Gasteiger partial charge on any atom is 0.244 e. The van der Waals surface area contributed by atoms with Gasteiger partial charge in [-0.05, 0) is 42.7 Å². The minimum Gasteiger partial charge on any atom is -0.352 e. The summed E-state index contributed by atoms with van der Waals surface area (Å²) in [5.41, 5.74) is 1.36. The van der Waals surface area contributed by atoms with Crippen LogP contribution in [-0.4, -0.2) is 50.0 Å². The van der Waals surface area contributed by atoms with Crippen LogP contribution < -0.4 is 9.62 Å². The fraction of sp³-hybridized carbons (Fsp3) is 0.333. The van der Waals surface area contributed by atoms with Gasteiger partial charge in [0.1, 0.15) is 18.4 Å². The van der Waals surface area contributed by atoms with Crippen LogP contribution in [0.15, 0.2) is 83.3 Å². The molecule has 0 radical (unpaired) electrons. The van der Waals surface area contributed by atoms with Crippen LogP contribution in [0.2, 0.25) is 0 Å². The Balaban J connectivity index is 1.73. The zero-order chi connectivity index (χ0) is 28.7. The van der Waals surface area contributed by atoms with Crippen molar-refractivity contribution in [2.45, 2.75) is 50.7 Å². The van der Waals surface area contributed by atoms with Crippen LogP contribution in [0.4, 0.5) is 10.1 Å². The van der Waals surface area contributed by atoms with Gasteiger partial charge in [0.15, 0.2) is 0 Å². The topological polar surface area (TPSA) is 86.8 Å². The molecule has 1 saturated carbocycles. The number of hydrogen-bond donors (Lipinski definition) is 1. The first-order valence-corrected chi connectivity index (χ1v) is 15.9. The number of anilines is 1. The van der Waals surface area contributed by atoms with E-state index >= 15 is 0 Å². The number of nitrogens with zero attached hydrogens (tertiary/aromatic N) is 2. The van der Waals surface area contributed by atoms with E-state index in [1.807, 2.05) is 30.3 Å². The van der Waals surface area contributed by atoms with Gasteiger partial charge in [-0.2, -0.15) is 0 Å². The molecule has 0 aromatic heterocycles. The molecule has 4 rings (SSSR count). The maximum atomic E-state index is 14.8. The second kappa shape index (κ2) is 13.4. The van der Waals surface area contributed by atoms with E-state index in [1.165, 1.54) is 11.0 Å². The molecule has 0 heterocycles. The van der Waals surface area contributed by atoms with Gasteiger partial charge in [0.05, 0.1) is 11.9 Å². The summed E-state index contributed by atoms with van der Waals surface area (Å²) in [7, 11) is -3.88. The zero-order valence-electron chi connectivity index (χ0n) is 22.3. The lowest BCUT2D eigenvalue weighted by molar-refractivity contribution is -0.140. The Morgan fingerprint density at radius 2 is 1.68 bits per heavy atom. The van der Waals surface area contributed by atoms with Gasteiger partial charge in [0, 0.05) is 29.0 Å². The minimum absolute atomic E-state index is 0.00498. The van der Waals surface area contributed by atoms with Gasteiger partial charge >= 0.3 is 0 Å². The molecule has 2 amide bonds. The fourth-order valence-electron chi connectivity index (χ4n) is 4.98. The molecule has 3 aromatic carbocycles. The van der Waals surface area contributed by atoms with Crippen LogP contribution in [0.1, 0.15) is 36.8 Å². The first-order valence-electron chi connectivity index (χ1n) is 13.2. The second-order valence-corrected chi connectivity index (χ2v) is 12.9. The van der Waals surface area contributed by atoms with E-state index in [-0.39, 0.29) is 30.5 Å². The number of sulfonamides is 1. The molecule has 1 fully saturated rings. The third kappa shape index (κ3) is 7.91. The summed E-state index contributed by atoms with van der Waals surface area (Å²) in [5.74, 6) is -1.47. The fourth-order valence-corrected chi connectivity index (χ4v) is 6.21. The Morgan fingerprint density at radius 1 is 1.00 bits per heavy atom. The lowest BCUT2D eigenvalue weighted by Gasteiger charge is -2.34. The zero-order valence-corrected chi connectivity index (χ0v) is 24.7. The van der Waals surface area contributed by atoms with Gasteiger partial charge in [0.25, 0.3) is 0 Å². The van der Waals surface area contributed by atoms with Crippen molar-refractivity contribution in [1.29, 1.82) is 0 Å². The molecule has 212 valence electrons. The molecule has 7 nitrogen and oxygen atoms in total. The van der Waals surface area contributed by atoms with Gasteiger partial charge in [-0.25, -0.2) is 12.8 Å². The molecule has 10 heteroatoms. The van der Waals surface area contributed by atoms with Crippen LogP contribution in [-0.2, 0) is 32.6 Å². The van der Waals surface area contributed by atoms with Crippen molar-refractivity contribution in [2.75, 3.05) is 17.1 Å². The third-order valence-electron chi connectivity index (χ3n) is 7.05. The average molecular weight is 631 g/mol. The van der Waals surface area contributed by atoms with Gasteiger partial charge in [0.2, 0.25) is 21.8 Å². The van der Waals surface area contributed by atoms with E-state index in [9.17, 15) is 22.4 Å². The van der Waals surface area contributed by atoms with Gasteiger partial charge < -0.3 is 10.2 Å². The number of nitrogens with one attached hydrogen (secondary N) is 1. The Kier molecular flexibility index (Phi) is 9.97. The van der Waals surface area contributed by atoms with Crippen molar-refractivity contribution < 1.29 is 22.4 Å². The van der Waals surface area contributed by atoms with Gasteiger partial charge in [-0.1, -0.05) is 83.4 Å². The molecule has 0 bridgehead atoms. The summed E-state index contributed by atoms with van der Waals surface area (Å²) in [5, 5.41) is 3.09. The van der Waals surface area contributed by atoms with Crippen molar-refractivity contribution in [1.82, 2.24) is 10.2 Å². The molecule has 3 aromatic rings. The molecular formula is C30H33BrFN3O4S. The van der Waals surface area contributed by atoms with E-state index in [0.717, 1.165) is 41.8 Å². The highest BCUT2D eigenvalue weighted by Crippen LogP contribution is 2.24. The first kappa shape index (κ1) is 29.7. The number of amides is 2. The van der Waals surface area contributed by atoms with E-state index in [2.05, 4.69) is 21.2 Å². The van der Waals surface area contributed by atoms with Crippen LogP contribution in [0.5, 0.6) is 0 Å². The third-order valence-corrected chi connectivity index (χ3v) is 8.68. The molecule has 1 aliphatic carbocycles. The average Bonchev–Trinajstić information content (AvgIpc) is 3.43. The quantitative estimate of drug-likeness (QED) is 0.321. The van der Waals surface area contributed by atoms with Crippen molar-refractivity contribution in [2.24, 2.45) is 0 Å². The van der Waals surface area contributed by atoms with E-state index in [0.29, 0.717) is 10.2 Å². The molecule has 1 unspecified atom stereocenters. The number of hydrogen-bond acceptors (Lipinski definition) is 4. The normalized spacial score (nSPS) is 14.5. The molecule has 1 atom stereocenters. The summed E-state index contributed by atoms with van der Waals surface area (Å²) < 4.78 is 42.2. The first-order chi connectivity index (χ1) is 19.1. The monoisotopic (exact) mass is 629 g/mol. The Bertz CT molecular complexity index is 1430. The lowest BCUT2D eigenvalue weighted by atomic mass is 10.0. The highest BCUT2D eigenvalue weighted by molar-refractivity contribution is 9.10. The summed E-state index contributed by atoms with van der Waals surface area (Å²) in [6, 6.07) is 21.0. The lowest BCUT2D eigenvalue weighted by Crippen LogP contribution is -2.54. The molecule has 40 heavy (non-hydrogen) atoms. The molecule has 1 aliphatic rings. The number of halogens is 2. The highest BCUT2D eigenvalue weighted by atomic mass is 79.9. The second-order valence-electron chi connectivity index (χ2n) is 10.1. The van der Waals surface area contributed by atoms with E-state index in [4.69, 9.17) is 0 Å². The number of benzene rings is 3.